The number of carbonyl (C=O) groups excluding carboxylic acids is 1. The summed E-state index contributed by atoms with van der Waals surface area (Å²) < 4.78 is 0. The molecule has 1 aliphatic rings. The van der Waals surface area contributed by atoms with Gasteiger partial charge in [-0.25, -0.2) is 0 Å². The summed E-state index contributed by atoms with van der Waals surface area (Å²) in [5.41, 5.74) is 1.99. The highest BCUT2D eigenvalue weighted by Gasteiger charge is 2.26. The molecule has 0 bridgehead atoms. The lowest BCUT2D eigenvalue weighted by molar-refractivity contribution is -1.02. The van der Waals surface area contributed by atoms with Gasteiger partial charge in [0.05, 0.1) is 18.2 Å². The van der Waals surface area contributed by atoms with Crippen molar-refractivity contribution in [2.24, 2.45) is 0 Å². The standard InChI is InChI=1S/C21H26N4OS/c1-2-25(16-20-4-3-13-27-20)21(26)17-24-11-9-23(10-12-24)15-19-7-5-18(14-22)6-8-19/h3-8,13H,2,9-12,15-17H2,1H3/p+2. The van der Waals surface area contributed by atoms with Crippen molar-refractivity contribution < 1.29 is 14.6 Å². The van der Waals surface area contributed by atoms with Crippen LogP contribution in [0.4, 0.5) is 0 Å². The zero-order valence-corrected chi connectivity index (χ0v) is 16.7. The van der Waals surface area contributed by atoms with E-state index in [4.69, 9.17) is 5.26 Å². The van der Waals surface area contributed by atoms with Crippen molar-refractivity contribution in [1.29, 1.82) is 5.26 Å². The summed E-state index contributed by atoms with van der Waals surface area (Å²) >= 11 is 1.71. The van der Waals surface area contributed by atoms with Gasteiger partial charge in [0.2, 0.25) is 0 Å². The van der Waals surface area contributed by atoms with E-state index < -0.39 is 0 Å². The number of quaternary nitrogens is 2. The number of nitriles is 1. The predicted molar refractivity (Wildman–Crippen MR) is 107 cm³/mol. The third kappa shape index (κ3) is 5.64. The molecule has 0 atom stereocenters. The minimum absolute atomic E-state index is 0.261. The third-order valence-corrected chi connectivity index (χ3v) is 6.12. The molecule has 2 aromatic rings. The Morgan fingerprint density at radius 2 is 1.85 bits per heavy atom. The van der Waals surface area contributed by atoms with Crippen LogP contribution in [0.2, 0.25) is 0 Å². The van der Waals surface area contributed by atoms with Gasteiger partial charge in [-0.05, 0) is 30.5 Å². The number of amides is 1. The van der Waals surface area contributed by atoms with E-state index in [1.807, 2.05) is 23.1 Å². The van der Waals surface area contributed by atoms with Crippen molar-refractivity contribution in [3.05, 3.63) is 57.8 Å². The Hall–Kier alpha value is -2.20. The molecule has 6 heteroatoms. The fraction of sp³-hybridized carbons (Fsp3) is 0.429. The topological polar surface area (TPSA) is 53.0 Å². The Morgan fingerprint density at radius 3 is 2.44 bits per heavy atom. The number of rotatable bonds is 7. The van der Waals surface area contributed by atoms with E-state index in [0.717, 1.165) is 45.8 Å². The maximum Gasteiger partial charge on any atom is 0.278 e. The summed E-state index contributed by atoms with van der Waals surface area (Å²) in [6, 6.07) is 14.2. The minimum atomic E-state index is 0.261. The first-order valence-corrected chi connectivity index (χ1v) is 10.5. The second-order valence-corrected chi connectivity index (χ2v) is 8.18. The summed E-state index contributed by atoms with van der Waals surface area (Å²) in [6.07, 6.45) is 0. The molecule has 2 N–H and O–H groups in total. The van der Waals surface area contributed by atoms with Crippen LogP contribution in [0.25, 0.3) is 0 Å². The zero-order valence-electron chi connectivity index (χ0n) is 15.9. The maximum absolute atomic E-state index is 12.7. The molecule has 1 saturated heterocycles. The van der Waals surface area contributed by atoms with Gasteiger partial charge in [-0.2, -0.15) is 5.26 Å². The van der Waals surface area contributed by atoms with Crippen molar-refractivity contribution in [3.63, 3.8) is 0 Å². The van der Waals surface area contributed by atoms with Crippen molar-refractivity contribution in [2.75, 3.05) is 39.3 Å². The Kier molecular flexibility index (Phi) is 6.99. The Morgan fingerprint density at radius 1 is 1.15 bits per heavy atom. The number of piperazine rings is 1. The highest BCUT2D eigenvalue weighted by atomic mass is 32.1. The quantitative estimate of drug-likeness (QED) is 0.704. The average Bonchev–Trinajstić information content (AvgIpc) is 3.21. The van der Waals surface area contributed by atoms with Crippen LogP contribution in [0.1, 0.15) is 22.9 Å². The molecule has 142 valence electrons. The smallest absolute Gasteiger partial charge is 0.278 e. The van der Waals surface area contributed by atoms with Gasteiger partial charge in [-0.1, -0.05) is 18.2 Å². The molecule has 27 heavy (non-hydrogen) atoms. The SMILES string of the molecule is CCN(Cc1cccs1)C(=O)C[NH+]1CC[NH+](Cc2ccc(C#N)cc2)CC1. The number of benzene rings is 1. The van der Waals surface area contributed by atoms with Crippen LogP contribution in [0.15, 0.2) is 41.8 Å². The van der Waals surface area contributed by atoms with Gasteiger partial charge >= 0.3 is 0 Å². The molecular formula is C21H28N4OS+2. The van der Waals surface area contributed by atoms with E-state index >= 15 is 0 Å². The lowest BCUT2D eigenvalue weighted by Crippen LogP contribution is -3.28. The molecule has 1 fully saturated rings. The van der Waals surface area contributed by atoms with Gasteiger partial charge in [0.1, 0.15) is 32.7 Å². The molecule has 1 amide bonds. The first-order valence-electron chi connectivity index (χ1n) is 9.64. The normalized spacial score (nSPS) is 19.4. The lowest BCUT2D eigenvalue weighted by Gasteiger charge is -2.30. The fourth-order valence-electron chi connectivity index (χ4n) is 3.59. The Labute approximate surface area is 165 Å². The van der Waals surface area contributed by atoms with Crippen molar-refractivity contribution in [1.82, 2.24) is 4.90 Å². The number of likely N-dealkylation sites (N-methyl/N-ethyl adjacent to an activating group) is 1. The van der Waals surface area contributed by atoms with Gasteiger partial charge in [0.25, 0.3) is 5.91 Å². The number of nitrogens with one attached hydrogen (secondary N) is 2. The summed E-state index contributed by atoms with van der Waals surface area (Å²) in [7, 11) is 0. The van der Waals surface area contributed by atoms with E-state index in [9.17, 15) is 4.79 Å². The van der Waals surface area contributed by atoms with Crippen molar-refractivity contribution in [3.8, 4) is 6.07 Å². The summed E-state index contributed by atoms with van der Waals surface area (Å²) in [5.74, 6) is 0.261. The van der Waals surface area contributed by atoms with Gasteiger partial charge < -0.3 is 14.7 Å². The Balaban J connectivity index is 1.44. The summed E-state index contributed by atoms with van der Waals surface area (Å²) in [6.45, 7) is 9.38. The zero-order chi connectivity index (χ0) is 19.1. The second kappa shape index (κ2) is 9.65. The van der Waals surface area contributed by atoms with Crippen molar-refractivity contribution in [2.45, 2.75) is 20.0 Å². The van der Waals surface area contributed by atoms with E-state index in [-0.39, 0.29) is 5.91 Å². The molecule has 2 heterocycles. The largest absolute Gasteiger partial charge is 0.333 e. The molecule has 1 aromatic heterocycles. The van der Waals surface area contributed by atoms with Crippen LogP contribution in [-0.4, -0.2) is 50.1 Å². The first kappa shape index (κ1) is 19.6. The van der Waals surface area contributed by atoms with Gasteiger partial charge in [0, 0.05) is 17.0 Å². The molecule has 3 rings (SSSR count). The van der Waals surface area contributed by atoms with Gasteiger partial charge in [-0.3, -0.25) is 4.79 Å². The fourth-order valence-corrected chi connectivity index (χ4v) is 4.31. The summed E-state index contributed by atoms with van der Waals surface area (Å²) in [4.78, 5) is 18.8. The number of carbonyl (C=O) groups is 1. The monoisotopic (exact) mass is 384 g/mol. The number of hydrogen-bond donors (Lipinski definition) is 2. The summed E-state index contributed by atoms with van der Waals surface area (Å²) in [5, 5.41) is 11.0. The third-order valence-electron chi connectivity index (χ3n) is 5.26. The van der Waals surface area contributed by atoms with Crippen LogP contribution >= 0.6 is 11.3 Å². The highest BCUT2D eigenvalue weighted by molar-refractivity contribution is 7.09. The molecule has 1 aliphatic heterocycles. The van der Waals surface area contributed by atoms with E-state index in [0.29, 0.717) is 12.1 Å². The molecule has 0 spiro atoms. The first-order chi connectivity index (χ1) is 13.2. The lowest BCUT2D eigenvalue weighted by atomic mass is 10.1. The molecule has 5 nitrogen and oxygen atoms in total. The molecule has 0 aliphatic carbocycles. The predicted octanol–water partition coefficient (Wildman–Crippen LogP) is -0.0481. The van der Waals surface area contributed by atoms with Gasteiger partial charge in [-0.15, -0.1) is 11.3 Å². The van der Waals surface area contributed by atoms with E-state index in [2.05, 4.69) is 36.6 Å². The molecule has 1 aromatic carbocycles. The van der Waals surface area contributed by atoms with Gasteiger partial charge in [0.15, 0.2) is 6.54 Å². The average molecular weight is 385 g/mol. The van der Waals surface area contributed by atoms with Crippen LogP contribution in [0.3, 0.4) is 0 Å². The van der Waals surface area contributed by atoms with Crippen LogP contribution in [0.5, 0.6) is 0 Å². The number of thiophene rings is 1. The second-order valence-electron chi connectivity index (χ2n) is 7.15. The molecular weight excluding hydrogens is 356 g/mol. The molecule has 0 saturated carbocycles. The molecule has 0 radical (unpaired) electrons. The van der Waals surface area contributed by atoms with Crippen LogP contribution < -0.4 is 9.80 Å². The van der Waals surface area contributed by atoms with Crippen LogP contribution in [-0.2, 0) is 17.9 Å². The van der Waals surface area contributed by atoms with E-state index in [1.165, 1.54) is 15.3 Å². The minimum Gasteiger partial charge on any atom is -0.333 e. The highest BCUT2D eigenvalue weighted by Crippen LogP contribution is 2.11. The Bertz CT molecular complexity index is 758. The van der Waals surface area contributed by atoms with Crippen LogP contribution in [0, 0.1) is 11.3 Å². The molecule has 0 unspecified atom stereocenters. The van der Waals surface area contributed by atoms with E-state index in [1.54, 1.807) is 16.2 Å². The maximum atomic E-state index is 12.7. The van der Waals surface area contributed by atoms with Crippen molar-refractivity contribution >= 4 is 17.2 Å². The number of hydrogen-bond acceptors (Lipinski definition) is 3. The number of nitrogens with zero attached hydrogens (tertiary/aromatic N) is 2.